The SMILES string of the molecule is Cc1ccc(C)c(Cn2ccc(I)n2)c1. The molecule has 78 valence electrons. The fourth-order valence-corrected chi connectivity index (χ4v) is 2.01. The zero-order chi connectivity index (χ0) is 10.8. The van der Waals surface area contributed by atoms with Crippen molar-refractivity contribution in [1.29, 1.82) is 0 Å². The van der Waals surface area contributed by atoms with E-state index in [1.807, 2.05) is 16.9 Å². The number of hydrogen-bond donors (Lipinski definition) is 0. The highest BCUT2D eigenvalue weighted by Gasteiger charge is 2.01. The maximum atomic E-state index is 4.38. The van der Waals surface area contributed by atoms with Crippen molar-refractivity contribution >= 4 is 22.6 Å². The van der Waals surface area contributed by atoms with E-state index in [9.17, 15) is 0 Å². The molecule has 0 spiro atoms. The second kappa shape index (κ2) is 4.35. The van der Waals surface area contributed by atoms with Gasteiger partial charge < -0.3 is 0 Å². The van der Waals surface area contributed by atoms with Crippen molar-refractivity contribution < 1.29 is 0 Å². The first-order valence-electron chi connectivity index (χ1n) is 4.90. The van der Waals surface area contributed by atoms with E-state index in [1.54, 1.807) is 0 Å². The maximum Gasteiger partial charge on any atom is 0.123 e. The molecule has 1 aromatic heterocycles. The van der Waals surface area contributed by atoms with Crippen LogP contribution in [-0.2, 0) is 6.54 Å². The van der Waals surface area contributed by atoms with E-state index in [0.717, 1.165) is 10.2 Å². The molecule has 0 N–H and O–H groups in total. The van der Waals surface area contributed by atoms with Gasteiger partial charge in [-0.2, -0.15) is 5.10 Å². The lowest BCUT2D eigenvalue weighted by molar-refractivity contribution is 0.678. The summed E-state index contributed by atoms with van der Waals surface area (Å²) in [4.78, 5) is 0. The average molecular weight is 312 g/mol. The third kappa shape index (κ3) is 2.59. The molecule has 0 radical (unpaired) electrons. The summed E-state index contributed by atoms with van der Waals surface area (Å²) in [5.74, 6) is 0. The molecule has 1 aromatic carbocycles. The summed E-state index contributed by atoms with van der Waals surface area (Å²) in [5.41, 5.74) is 3.97. The summed E-state index contributed by atoms with van der Waals surface area (Å²) in [6, 6.07) is 8.56. The second-order valence-corrected chi connectivity index (χ2v) is 4.87. The molecule has 0 aliphatic heterocycles. The lowest BCUT2D eigenvalue weighted by Crippen LogP contribution is -2.02. The maximum absolute atomic E-state index is 4.38. The summed E-state index contributed by atoms with van der Waals surface area (Å²) in [6.07, 6.45) is 2.02. The van der Waals surface area contributed by atoms with Crippen molar-refractivity contribution in [3.63, 3.8) is 0 Å². The lowest BCUT2D eigenvalue weighted by Gasteiger charge is -2.07. The Hall–Kier alpha value is -0.840. The van der Waals surface area contributed by atoms with Gasteiger partial charge in [0.05, 0.1) is 6.54 Å². The van der Waals surface area contributed by atoms with Crippen LogP contribution in [-0.4, -0.2) is 9.78 Å². The second-order valence-electron chi connectivity index (χ2n) is 3.77. The smallest absolute Gasteiger partial charge is 0.123 e. The number of rotatable bonds is 2. The van der Waals surface area contributed by atoms with Gasteiger partial charge in [-0.1, -0.05) is 23.8 Å². The Bertz CT molecular complexity index is 474. The Labute approximate surface area is 103 Å². The molecule has 2 aromatic rings. The highest BCUT2D eigenvalue weighted by molar-refractivity contribution is 14.1. The van der Waals surface area contributed by atoms with Gasteiger partial charge in [0.25, 0.3) is 0 Å². The van der Waals surface area contributed by atoms with Crippen LogP contribution in [0.2, 0.25) is 0 Å². The third-order valence-electron chi connectivity index (χ3n) is 2.45. The van der Waals surface area contributed by atoms with Crippen LogP contribution in [0, 0.1) is 17.5 Å². The largest absolute Gasteiger partial charge is 0.267 e. The van der Waals surface area contributed by atoms with Crippen LogP contribution >= 0.6 is 22.6 Å². The molecule has 0 atom stereocenters. The van der Waals surface area contributed by atoms with E-state index < -0.39 is 0 Å². The van der Waals surface area contributed by atoms with Gasteiger partial charge in [-0.25, -0.2) is 0 Å². The number of aryl methyl sites for hydroxylation is 2. The van der Waals surface area contributed by atoms with Gasteiger partial charge in [-0.05, 0) is 53.6 Å². The molecule has 1 heterocycles. The molecule has 0 amide bonds. The standard InChI is InChI=1S/C12H13IN2/c1-9-3-4-10(2)11(7-9)8-15-6-5-12(13)14-15/h3-7H,8H2,1-2H3. The minimum absolute atomic E-state index is 0.858. The van der Waals surface area contributed by atoms with Crippen molar-refractivity contribution in [1.82, 2.24) is 9.78 Å². The zero-order valence-corrected chi connectivity index (χ0v) is 11.0. The molecule has 0 saturated carbocycles. The monoisotopic (exact) mass is 312 g/mol. The number of halogens is 1. The van der Waals surface area contributed by atoms with Crippen LogP contribution < -0.4 is 0 Å². The first-order chi connectivity index (χ1) is 7.15. The molecule has 2 rings (SSSR count). The Kier molecular flexibility index (Phi) is 3.09. The number of aromatic nitrogens is 2. The van der Waals surface area contributed by atoms with Crippen molar-refractivity contribution in [2.75, 3.05) is 0 Å². The topological polar surface area (TPSA) is 17.8 Å². The van der Waals surface area contributed by atoms with Gasteiger partial charge in [-0.3, -0.25) is 4.68 Å². The minimum Gasteiger partial charge on any atom is -0.267 e. The molecule has 0 fully saturated rings. The molecule has 3 heteroatoms. The summed E-state index contributed by atoms with van der Waals surface area (Å²) in [7, 11) is 0. The van der Waals surface area contributed by atoms with E-state index in [2.05, 4.69) is 59.7 Å². The first-order valence-corrected chi connectivity index (χ1v) is 5.98. The average Bonchev–Trinajstić information content (AvgIpc) is 2.58. The molecule has 0 aliphatic carbocycles. The van der Waals surface area contributed by atoms with Crippen LogP contribution in [0.5, 0.6) is 0 Å². The van der Waals surface area contributed by atoms with Crippen molar-refractivity contribution in [2.45, 2.75) is 20.4 Å². The Morgan fingerprint density at radius 1 is 1.27 bits per heavy atom. The number of nitrogens with zero attached hydrogens (tertiary/aromatic N) is 2. The van der Waals surface area contributed by atoms with Gasteiger partial charge >= 0.3 is 0 Å². The van der Waals surface area contributed by atoms with E-state index >= 15 is 0 Å². The summed E-state index contributed by atoms with van der Waals surface area (Å²) in [6.45, 7) is 5.12. The van der Waals surface area contributed by atoms with Gasteiger partial charge in [0, 0.05) is 6.20 Å². The fourth-order valence-electron chi connectivity index (χ4n) is 1.57. The summed E-state index contributed by atoms with van der Waals surface area (Å²) in [5, 5.41) is 4.38. The molecule has 0 aliphatic rings. The molecular formula is C12H13IN2. The number of benzene rings is 1. The van der Waals surface area contributed by atoms with Gasteiger partial charge in [0.15, 0.2) is 0 Å². The van der Waals surface area contributed by atoms with E-state index in [-0.39, 0.29) is 0 Å². The molecule has 0 bridgehead atoms. The van der Waals surface area contributed by atoms with E-state index in [1.165, 1.54) is 16.7 Å². The first kappa shape index (κ1) is 10.7. The van der Waals surface area contributed by atoms with Gasteiger partial charge in [0.2, 0.25) is 0 Å². The van der Waals surface area contributed by atoms with Gasteiger partial charge in [-0.15, -0.1) is 0 Å². The van der Waals surface area contributed by atoms with Crippen molar-refractivity contribution in [2.24, 2.45) is 0 Å². The van der Waals surface area contributed by atoms with Crippen LogP contribution in [0.1, 0.15) is 16.7 Å². The van der Waals surface area contributed by atoms with E-state index in [0.29, 0.717) is 0 Å². The molecule has 2 nitrogen and oxygen atoms in total. The third-order valence-corrected chi connectivity index (χ3v) is 3.02. The molecular weight excluding hydrogens is 299 g/mol. The zero-order valence-electron chi connectivity index (χ0n) is 8.87. The summed E-state index contributed by atoms with van der Waals surface area (Å²) >= 11 is 2.23. The van der Waals surface area contributed by atoms with Gasteiger partial charge in [0.1, 0.15) is 3.70 Å². The van der Waals surface area contributed by atoms with Crippen molar-refractivity contribution in [3.05, 3.63) is 50.9 Å². The quantitative estimate of drug-likeness (QED) is 0.779. The normalized spacial score (nSPS) is 10.6. The van der Waals surface area contributed by atoms with Crippen LogP contribution in [0.4, 0.5) is 0 Å². The lowest BCUT2D eigenvalue weighted by atomic mass is 10.1. The fraction of sp³-hybridized carbons (Fsp3) is 0.250. The van der Waals surface area contributed by atoms with Crippen LogP contribution in [0.25, 0.3) is 0 Å². The highest BCUT2D eigenvalue weighted by Crippen LogP contribution is 2.12. The minimum atomic E-state index is 0.858. The van der Waals surface area contributed by atoms with Crippen LogP contribution in [0.3, 0.4) is 0 Å². The highest BCUT2D eigenvalue weighted by atomic mass is 127. The predicted octanol–water partition coefficient (Wildman–Crippen LogP) is 3.15. The molecule has 0 unspecified atom stereocenters. The predicted molar refractivity (Wildman–Crippen MR) is 70.0 cm³/mol. The van der Waals surface area contributed by atoms with E-state index in [4.69, 9.17) is 0 Å². The molecule has 15 heavy (non-hydrogen) atoms. The Balaban J connectivity index is 2.27. The Morgan fingerprint density at radius 2 is 2.07 bits per heavy atom. The van der Waals surface area contributed by atoms with Crippen LogP contribution in [0.15, 0.2) is 30.5 Å². The summed E-state index contributed by atoms with van der Waals surface area (Å²) < 4.78 is 3.02. The van der Waals surface area contributed by atoms with Crippen molar-refractivity contribution in [3.8, 4) is 0 Å². The Morgan fingerprint density at radius 3 is 2.73 bits per heavy atom. The number of hydrogen-bond acceptors (Lipinski definition) is 1. The molecule has 0 saturated heterocycles.